The van der Waals surface area contributed by atoms with Crippen LogP contribution in [0.4, 0.5) is 0 Å². The summed E-state index contributed by atoms with van der Waals surface area (Å²) in [7, 11) is 0. The number of likely N-dealkylation sites (tertiary alicyclic amines) is 1. The zero-order valence-electron chi connectivity index (χ0n) is 10.4. The minimum atomic E-state index is 0.573. The molecule has 1 unspecified atom stereocenters. The van der Waals surface area contributed by atoms with E-state index in [0.29, 0.717) is 11.7 Å². The molecule has 0 aromatic carbocycles. The Morgan fingerprint density at radius 3 is 3.18 bits per heavy atom. The third-order valence-electron chi connectivity index (χ3n) is 3.56. The molecule has 1 aliphatic heterocycles. The Bertz CT molecular complexity index is 408. The first-order valence-corrected chi connectivity index (χ1v) is 6.39. The Balaban J connectivity index is 2.11. The summed E-state index contributed by atoms with van der Waals surface area (Å²) in [5.74, 6) is 0. The highest BCUT2D eigenvalue weighted by molar-refractivity contribution is 5.30. The fraction of sp³-hybridized carbons (Fsp3) is 0.571. The molecular formula is C14H19N3. The van der Waals surface area contributed by atoms with Crippen LogP contribution in [0.2, 0.25) is 0 Å². The quantitative estimate of drug-likeness (QED) is 0.782. The third-order valence-corrected chi connectivity index (χ3v) is 3.56. The van der Waals surface area contributed by atoms with Gasteiger partial charge in [0.1, 0.15) is 11.8 Å². The summed E-state index contributed by atoms with van der Waals surface area (Å²) >= 11 is 0. The standard InChI is InChI=1S/C14H19N3/c1-12-6-3-2-4-9-17(12)11-13-7-5-8-16-14(13)10-15/h5,7-8,12H,2-4,6,9,11H2,1H3. The van der Waals surface area contributed by atoms with Crippen LogP contribution in [0.3, 0.4) is 0 Å². The van der Waals surface area contributed by atoms with Crippen LogP contribution in [-0.4, -0.2) is 22.5 Å². The summed E-state index contributed by atoms with van der Waals surface area (Å²) in [6, 6.07) is 6.73. The van der Waals surface area contributed by atoms with Crippen molar-refractivity contribution in [3.63, 3.8) is 0 Å². The average Bonchev–Trinajstić information content (AvgIpc) is 2.56. The summed E-state index contributed by atoms with van der Waals surface area (Å²) < 4.78 is 0. The van der Waals surface area contributed by atoms with Crippen LogP contribution in [0.15, 0.2) is 18.3 Å². The van der Waals surface area contributed by atoms with Gasteiger partial charge in [0, 0.05) is 24.3 Å². The van der Waals surface area contributed by atoms with E-state index in [-0.39, 0.29) is 0 Å². The van der Waals surface area contributed by atoms with E-state index in [9.17, 15) is 0 Å². The van der Waals surface area contributed by atoms with E-state index in [0.717, 1.165) is 18.7 Å². The molecule has 0 bridgehead atoms. The molecule has 1 atom stereocenters. The van der Waals surface area contributed by atoms with Crippen molar-refractivity contribution in [1.29, 1.82) is 5.26 Å². The number of hydrogen-bond donors (Lipinski definition) is 0. The lowest BCUT2D eigenvalue weighted by atomic mass is 10.1. The van der Waals surface area contributed by atoms with Crippen LogP contribution in [0.25, 0.3) is 0 Å². The first-order chi connectivity index (χ1) is 8.31. The van der Waals surface area contributed by atoms with Gasteiger partial charge in [0.05, 0.1) is 0 Å². The van der Waals surface area contributed by atoms with Crippen molar-refractivity contribution in [3.05, 3.63) is 29.6 Å². The molecule has 0 N–H and O–H groups in total. The highest BCUT2D eigenvalue weighted by Crippen LogP contribution is 2.19. The van der Waals surface area contributed by atoms with E-state index in [4.69, 9.17) is 5.26 Å². The second-order valence-corrected chi connectivity index (χ2v) is 4.79. The number of nitriles is 1. The number of hydrogen-bond acceptors (Lipinski definition) is 3. The second-order valence-electron chi connectivity index (χ2n) is 4.79. The monoisotopic (exact) mass is 229 g/mol. The van der Waals surface area contributed by atoms with Crippen LogP contribution < -0.4 is 0 Å². The summed E-state index contributed by atoms with van der Waals surface area (Å²) in [6.07, 6.45) is 6.89. The van der Waals surface area contributed by atoms with Gasteiger partial charge in [-0.05, 0) is 32.4 Å². The van der Waals surface area contributed by atoms with Crippen molar-refractivity contribution >= 4 is 0 Å². The van der Waals surface area contributed by atoms with E-state index in [1.54, 1.807) is 6.20 Å². The van der Waals surface area contributed by atoms with Gasteiger partial charge < -0.3 is 0 Å². The van der Waals surface area contributed by atoms with Gasteiger partial charge >= 0.3 is 0 Å². The summed E-state index contributed by atoms with van der Waals surface area (Å²) in [4.78, 5) is 6.60. The SMILES string of the molecule is CC1CCCCCN1Cc1cccnc1C#N. The van der Waals surface area contributed by atoms with Gasteiger partial charge in [0.2, 0.25) is 0 Å². The Hall–Kier alpha value is -1.40. The fourth-order valence-electron chi connectivity index (χ4n) is 2.45. The van der Waals surface area contributed by atoms with Gasteiger partial charge in [-0.3, -0.25) is 4.90 Å². The smallest absolute Gasteiger partial charge is 0.144 e. The number of nitrogens with zero attached hydrogens (tertiary/aromatic N) is 3. The first-order valence-electron chi connectivity index (χ1n) is 6.39. The van der Waals surface area contributed by atoms with Gasteiger partial charge in [0.15, 0.2) is 0 Å². The van der Waals surface area contributed by atoms with Gasteiger partial charge in [-0.2, -0.15) is 5.26 Å². The van der Waals surface area contributed by atoms with Crippen LogP contribution in [0.1, 0.15) is 43.9 Å². The van der Waals surface area contributed by atoms with Crippen molar-refractivity contribution in [2.75, 3.05) is 6.54 Å². The Kier molecular flexibility index (Phi) is 4.11. The number of aromatic nitrogens is 1. The molecule has 1 fully saturated rings. The largest absolute Gasteiger partial charge is 0.296 e. The molecule has 0 radical (unpaired) electrons. The fourth-order valence-corrected chi connectivity index (χ4v) is 2.45. The van der Waals surface area contributed by atoms with Crippen molar-refractivity contribution < 1.29 is 0 Å². The zero-order chi connectivity index (χ0) is 12.1. The first kappa shape index (κ1) is 12.1. The Morgan fingerprint density at radius 2 is 2.35 bits per heavy atom. The lowest BCUT2D eigenvalue weighted by Crippen LogP contribution is -2.32. The maximum absolute atomic E-state index is 9.04. The molecule has 1 aromatic heterocycles. The maximum Gasteiger partial charge on any atom is 0.144 e. The van der Waals surface area contributed by atoms with E-state index in [2.05, 4.69) is 22.9 Å². The van der Waals surface area contributed by atoms with Crippen LogP contribution in [0, 0.1) is 11.3 Å². The summed E-state index contributed by atoms with van der Waals surface area (Å²) in [6.45, 7) is 4.28. The third kappa shape index (κ3) is 3.04. The molecule has 90 valence electrons. The predicted octanol–water partition coefficient (Wildman–Crippen LogP) is 2.72. The predicted molar refractivity (Wildman–Crippen MR) is 67.3 cm³/mol. The molecule has 0 spiro atoms. The molecule has 2 heterocycles. The molecule has 2 rings (SSSR count). The van der Waals surface area contributed by atoms with Crippen molar-refractivity contribution in [1.82, 2.24) is 9.88 Å². The van der Waals surface area contributed by atoms with E-state index >= 15 is 0 Å². The molecule has 0 saturated carbocycles. The van der Waals surface area contributed by atoms with Gasteiger partial charge in [-0.25, -0.2) is 4.98 Å². The number of rotatable bonds is 2. The highest BCUT2D eigenvalue weighted by atomic mass is 15.1. The molecule has 0 amide bonds. The van der Waals surface area contributed by atoms with Gasteiger partial charge in [-0.15, -0.1) is 0 Å². The van der Waals surface area contributed by atoms with Crippen molar-refractivity contribution in [2.45, 2.75) is 45.2 Å². The maximum atomic E-state index is 9.04. The minimum absolute atomic E-state index is 0.573. The Labute approximate surface area is 103 Å². The minimum Gasteiger partial charge on any atom is -0.296 e. The van der Waals surface area contributed by atoms with Crippen molar-refractivity contribution in [3.8, 4) is 6.07 Å². The summed E-state index contributed by atoms with van der Waals surface area (Å²) in [5, 5.41) is 9.04. The van der Waals surface area contributed by atoms with Crippen LogP contribution >= 0.6 is 0 Å². The molecule has 1 aromatic rings. The van der Waals surface area contributed by atoms with Crippen molar-refractivity contribution in [2.24, 2.45) is 0 Å². The molecule has 0 aliphatic carbocycles. The lowest BCUT2D eigenvalue weighted by molar-refractivity contribution is 0.204. The zero-order valence-corrected chi connectivity index (χ0v) is 10.4. The average molecular weight is 229 g/mol. The normalized spacial score (nSPS) is 21.8. The van der Waals surface area contributed by atoms with Crippen LogP contribution in [0.5, 0.6) is 0 Å². The lowest BCUT2D eigenvalue weighted by Gasteiger charge is -2.26. The topological polar surface area (TPSA) is 39.9 Å². The Morgan fingerprint density at radius 1 is 1.47 bits per heavy atom. The molecule has 3 heteroatoms. The molecule has 1 saturated heterocycles. The molecule has 1 aliphatic rings. The summed E-state index contributed by atoms with van der Waals surface area (Å²) in [5.41, 5.74) is 1.63. The van der Waals surface area contributed by atoms with Crippen LogP contribution in [-0.2, 0) is 6.54 Å². The molecule has 17 heavy (non-hydrogen) atoms. The van der Waals surface area contributed by atoms with E-state index in [1.807, 2.05) is 12.1 Å². The molecular weight excluding hydrogens is 210 g/mol. The molecule has 3 nitrogen and oxygen atoms in total. The highest BCUT2D eigenvalue weighted by Gasteiger charge is 2.18. The second kappa shape index (κ2) is 5.79. The van der Waals surface area contributed by atoms with Gasteiger partial charge in [-0.1, -0.05) is 18.9 Å². The van der Waals surface area contributed by atoms with E-state index < -0.39 is 0 Å². The van der Waals surface area contributed by atoms with E-state index in [1.165, 1.54) is 25.7 Å². The van der Waals surface area contributed by atoms with Gasteiger partial charge in [0.25, 0.3) is 0 Å². The number of pyridine rings is 1.